The normalized spacial score (nSPS) is 10.5. The van der Waals surface area contributed by atoms with Gasteiger partial charge in [-0.1, -0.05) is 44.2 Å². The van der Waals surface area contributed by atoms with Crippen molar-refractivity contribution in [3.05, 3.63) is 57.9 Å². The molecule has 0 aliphatic carbocycles. The van der Waals surface area contributed by atoms with Crippen molar-refractivity contribution >= 4 is 0 Å². The highest BCUT2D eigenvalue weighted by molar-refractivity contribution is 5.57. The molecule has 0 N–H and O–H groups in total. The maximum Gasteiger partial charge on any atom is 0.339 e. The van der Waals surface area contributed by atoms with E-state index >= 15 is 0 Å². The highest BCUT2D eigenvalue weighted by Crippen LogP contribution is 2.20. The fourth-order valence-corrected chi connectivity index (χ4v) is 2.00. The van der Waals surface area contributed by atoms with Gasteiger partial charge in [0.05, 0.1) is 0 Å². The number of benzene rings is 1. The predicted octanol–water partition coefficient (Wildman–Crippen LogP) is 3.43. The van der Waals surface area contributed by atoms with E-state index in [-0.39, 0.29) is 5.63 Å². The molecule has 0 radical (unpaired) electrons. The van der Waals surface area contributed by atoms with Crippen LogP contribution in [0.15, 0.2) is 45.6 Å². The van der Waals surface area contributed by atoms with E-state index in [4.69, 9.17) is 4.42 Å². The maximum absolute atomic E-state index is 11.9. The van der Waals surface area contributed by atoms with Crippen molar-refractivity contribution in [1.29, 1.82) is 0 Å². The van der Waals surface area contributed by atoms with Crippen molar-refractivity contribution in [2.75, 3.05) is 0 Å². The molecule has 0 aliphatic heterocycles. The molecule has 2 heteroatoms. The van der Waals surface area contributed by atoms with E-state index in [0.29, 0.717) is 5.76 Å². The lowest BCUT2D eigenvalue weighted by atomic mass is 10.0. The van der Waals surface area contributed by atoms with Gasteiger partial charge >= 0.3 is 5.63 Å². The van der Waals surface area contributed by atoms with Gasteiger partial charge in [-0.2, -0.15) is 0 Å². The fraction of sp³-hybridized carbons (Fsp3) is 0.267. The number of hydrogen-bond donors (Lipinski definition) is 0. The molecule has 1 heterocycles. The van der Waals surface area contributed by atoms with Crippen LogP contribution in [0.5, 0.6) is 0 Å². The summed E-state index contributed by atoms with van der Waals surface area (Å²) in [4.78, 5) is 11.9. The van der Waals surface area contributed by atoms with Gasteiger partial charge in [-0.15, -0.1) is 0 Å². The number of hydrogen-bond acceptors (Lipinski definition) is 2. The Kier molecular flexibility index (Phi) is 3.43. The van der Waals surface area contributed by atoms with E-state index in [0.717, 1.165) is 29.5 Å². The standard InChI is InChI=1S/C15H16O2/c1-3-11-10-14(12-8-6-5-7-9-12)17-15(16)13(11)4-2/h5-10H,3-4H2,1-2H3. The van der Waals surface area contributed by atoms with Crippen LogP contribution in [0.2, 0.25) is 0 Å². The van der Waals surface area contributed by atoms with Crippen LogP contribution in [0.1, 0.15) is 25.0 Å². The Balaban J connectivity index is 2.59. The minimum absolute atomic E-state index is 0.203. The molecule has 2 nitrogen and oxygen atoms in total. The summed E-state index contributed by atoms with van der Waals surface area (Å²) in [6.45, 7) is 4.04. The summed E-state index contributed by atoms with van der Waals surface area (Å²) in [5.41, 5.74) is 2.63. The molecular weight excluding hydrogens is 212 g/mol. The predicted molar refractivity (Wildman–Crippen MR) is 69.2 cm³/mol. The molecule has 2 rings (SSSR count). The van der Waals surface area contributed by atoms with Crippen LogP contribution >= 0.6 is 0 Å². The van der Waals surface area contributed by atoms with Crippen molar-refractivity contribution < 1.29 is 4.42 Å². The Bertz CT molecular complexity index is 553. The van der Waals surface area contributed by atoms with Crippen molar-refractivity contribution in [2.45, 2.75) is 26.7 Å². The topological polar surface area (TPSA) is 30.2 Å². The van der Waals surface area contributed by atoms with Crippen LogP contribution in [-0.2, 0) is 12.8 Å². The molecule has 0 fully saturated rings. The van der Waals surface area contributed by atoms with E-state index < -0.39 is 0 Å². The molecule has 0 unspecified atom stereocenters. The molecule has 1 aromatic heterocycles. The molecule has 17 heavy (non-hydrogen) atoms. The van der Waals surface area contributed by atoms with Crippen LogP contribution < -0.4 is 5.63 Å². The number of aryl methyl sites for hydroxylation is 1. The van der Waals surface area contributed by atoms with Crippen LogP contribution in [0.4, 0.5) is 0 Å². The Hall–Kier alpha value is -1.83. The second-order valence-electron chi connectivity index (χ2n) is 3.98. The average Bonchev–Trinajstić information content (AvgIpc) is 2.38. The third-order valence-corrected chi connectivity index (χ3v) is 2.93. The molecule has 0 bridgehead atoms. The summed E-state index contributed by atoms with van der Waals surface area (Å²) in [6.07, 6.45) is 1.58. The quantitative estimate of drug-likeness (QED) is 0.805. The Morgan fingerprint density at radius 3 is 2.35 bits per heavy atom. The highest BCUT2D eigenvalue weighted by Gasteiger charge is 2.09. The van der Waals surface area contributed by atoms with Crippen LogP contribution in [-0.4, -0.2) is 0 Å². The molecule has 0 saturated heterocycles. The maximum atomic E-state index is 11.9. The smallest absolute Gasteiger partial charge is 0.339 e. The first-order chi connectivity index (χ1) is 8.26. The SMILES string of the molecule is CCc1cc(-c2ccccc2)oc(=O)c1CC. The average molecular weight is 228 g/mol. The van der Waals surface area contributed by atoms with Gasteiger partial charge in [0.2, 0.25) is 0 Å². The lowest BCUT2D eigenvalue weighted by molar-refractivity contribution is 0.514. The minimum Gasteiger partial charge on any atom is -0.423 e. The zero-order chi connectivity index (χ0) is 12.3. The molecule has 0 aliphatic rings. The molecule has 0 spiro atoms. The minimum atomic E-state index is -0.203. The van der Waals surface area contributed by atoms with E-state index in [2.05, 4.69) is 6.92 Å². The van der Waals surface area contributed by atoms with Crippen LogP contribution in [0.25, 0.3) is 11.3 Å². The van der Waals surface area contributed by atoms with E-state index in [1.165, 1.54) is 0 Å². The Morgan fingerprint density at radius 1 is 1.06 bits per heavy atom. The second-order valence-corrected chi connectivity index (χ2v) is 3.98. The lowest BCUT2D eigenvalue weighted by Gasteiger charge is -2.06. The van der Waals surface area contributed by atoms with Crippen LogP contribution in [0.3, 0.4) is 0 Å². The van der Waals surface area contributed by atoms with Gasteiger partial charge in [0, 0.05) is 11.1 Å². The second kappa shape index (κ2) is 5.00. The van der Waals surface area contributed by atoms with Gasteiger partial charge < -0.3 is 4.42 Å². The summed E-state index contributed by atoms with van der Waals surface area (Å²) in [7, 11) is 0. The molecule has 88 valence electrons. The first kappa shape index (κ1) is 11.6. The largest absolute Gasteiger partial charge is 0.423 e. The van der Waals surface area contributed by atoms with E-state index in [9.17, 15) is 4.79 Å². The molecule has 2 aromatic rings. The molecule has 0 amide bonds. The van der Waals surface area contributed by atoms with Gasteiger partial charge in [-0.25, -0.2) is 4.79 Å². The van der Waals surface area contributed by atoms with Gasteiger partial charge in [-0.3, -0.25) is 0 Å². The van der Waals surface area contributed by atoms with E-state index in [1.54, 1.807) is 0 Å². The summed E-state index contributed by atoms with van der Waals surface area (Å²) in [6, 6.07) is 11.7. The van der Waals surface area contributed by atoms with Crippen molar-refractivity contribution in [3.8, 4) is 11.3 Å². The lowest BCUT2D eigenvalue weighted by Crippen LogP contribution is -2.10. The molecular formula is C15H16O2. The van der Waals surface area contributed by atoms with E-state index in [1.807, 2.05) is 43.3 Å². The van der Waals surface area contributed by atoms with Crippen molar-refractivity contribution in [2.24, 2.45) is 0 Å². The highest BCUT2D eigenvalue weighted by atomic mass is 16.4. The first-order valence-corrected chi connectivity index (χ1v) is 5.97. The molecule has 0 atom stereocenters. The van der Waals surface area contributed by atoms with Gasteiger partial charge in [0.25, 0.3) is 0 Å². The zero-order valence-electron chi connectivity index (χ0n) is 10.2. The third-order valence-electron chi connectivity index (χ3n) is 2.93. The summed E-state index contributed by atoms with van der Waals surface area (Å²) in [5.74, 6) is 0.657. The molecule has 1 aromatic carbocycles. The van der Waals surface area contributed by atoms with Crippen molar-refractivity contribution in [3.63, 3.8) is 0 Å². The number of rotatable bonds is 3. The Labute approximate surface area is 101 Å². The summed E-state index contributed by atoms with van der Waals surface area (Å²) >= 11 is 0. The van der Waals surface area contributed by atoms with Gasteiger partial charge in [0.1, 0.15) is 5.76 Å². The van der Waals surface area contributed by atoms with Crippen molar-refractivity contribution in [1.82, 2.24) is 0 Å². The van der Waals surface area contributed by atoms with Gasteiger partial charge in [-0.05, 0) is 24.5 Å². The Morgan fingerprint density at radius 2 is 1.76 bits per heavy atom. The summed E-state index contributed by atoms with van der Waals surface area (Å²) < 4.78 is 5.37. The molecule has 0 saturated carbocycles. The van der Waals surface area contributed by atoms with Gasteiger partial charge in [0.15, 0.2) is 0 Å². The fourth-order valence-electron chi connectivity index (χ4n) is 2.00. The van der Waals surface area contributed by atoms with Crippen LogP contribution in [0, 0.1) is 0 Å². The first-order valence-electron chi connectivity index (χ1n) is 5.97. The summed E-state index contributed by atoms with van der Waals surface area (Å²) in [5, 5.41) is 0. The zero-order valence-corrected chi connectivity index (χ0v) is 10.2. The third kappa shape index (κ3) is 2.31. The monoisotopic (exact) mass is 228 g/mol.